The Morgan fingerprint density at radius 3 is 2.14 bits per heavy atom. The number of esters is 1. The van der Waals surface area contributed by atoms with Crippen LogP contribution in [0.25, 0.3) is 0 Å². The molecule has 0 aromatic rings. The van der Waals surface area contributed by atoms with Crippen LogP contribution in [0.1, 0.15) is 110 Å². The summed E-state index contributed by atoms with van der Waals surface area (Å²) >= 11 is 5.98. The van der Waals surface area contributed by atoms with E-state index in [2.05, 4.69) is 18.3 Å². The van der Waals surface area contributed by atoms with Crippen molar-refractivity contribution in [2.24, 2.45) is 0 Å². The van der Waals surface area contributed by atoms with Crippen molar-refractivity contribution in [2.75, 3.05) is 26.4 Å². The number of ether oxygens (including phenoxy) is 1. The molecule has 0 saturated carbocycles. The number of carbonyl (C=O) groups is 2. The van der Waals surface area contributed by atoms with Crippen molar-refractivity contribution in [2.45, 2.75) is 115 Å². The molecule has 1 N–H and O–H groups in total. The molecule has 2 atom stereocenters. The lowest BCUT2D eigenvalue weighted by atomic mass is 10.1. The SMILES string of the molecule is CCCCCCCCCCCCCC(=O)OCCCO[P+](=O)OCCNC(=O)CCC(C)(C#N)SC=S. The number of hydrogen-bond donors (Lipinski definition) is 1. The van der Waals surface area contributed by atoms with Gasteiger partial charge >= 0.3 is 14.2 Å². The second kappa shape index (κ2) is 25.2. The minimum atomic E-state index is -2.30. The summed E-state index contributed by atoms with van der Waals surface area (Å²) in [5.74, 6) is -0.426. The molecule has 0 bridgehead atoms. The van der Waals surface area contributed by atoms with E-state index in [-0.39, 0.29) is 44.7 Å². The van der Waals surface area contributed by atoms with Crippen molar-refractivity contribution < 1.29 is 27.9 Å². The van der Waals surface area contributed by atoms with Crippen molar-refractivity contribution in [1.29, 1.82) is 5.26 Å². The summed E-state index contributed by atoms with van der Waals surface area (Å²) in [6.07, 6.45) is 15.0. The summed E-state index contributed by atoms with van der Waals surface area (Å²) < 4.78 is 27.7. The summed E-state index contributed by atoms with van der Waals surface area (Å²) in [7, 11) is -2.30. The van der Waals surface area contributed by atoms with Crippen LogP contribution in [0.4, 0.5) is 0 Å². The first-order chi connectivity index (χ1) is 17.9. The van der Waals surface area contributed by atoms with Gasteiger partial charge in [0.05, 0.1) is 12.7 Å². The third-order valence-corrected chi connectivity index (χ3v) is 7.71. The number of carbonyl (C=O) groups excluding carboxylic acids is 2. The predicted molar refractivity (Wildman–Crippen MR) is 154 cm³/mol. The summed E-state index contributed by atoms with van der Waals surface area (Å²) in [5.41, 5.74) is 0. The van der Waals surface area contributed by atoms with Crippen LogP contribution in [0.2, 0.25) is 0 Å². The first-order valence-corrected chi connectivity index (χ1v) is 16.0. The topological polar surface area (TPSA) is 115 Å². The lowest BCUT2D eigenvalue weighted by Crippen LogP contribution is -2.29. The highest BCUT2D eigenvalue weighted by molar-refractivity contribution is 8.21. The quantitative estimate of drug-likeness (QED) is 0.0494. The van der Waals surface area contributed by atoms with Crippen molar-refractivity contribution in [3.63, 3.8) is 0 Å². The maximum Gasteiger partial charge on any atom is 0.697 e. The van der Waals surface area contributed by atoms with Crippen LogP contribution in [-0.4, -0.2) is 47.7 Å². The molecule has 0 heterocycles. The van der Waals surface area contributed by atoms with E-state index in [1.165, 1.54) is 74.2 Å². The Hall–Kier alpha value is -1.11. The highest BCUT2D eigenvalue weighted by Gasteiger charge is 2.25. The highest BCUT2D eigenvalue weighted by Crippen LogP contribution is 2.27. The number of nitrogens with one attached hydrogen (secondary N) is 1. The molecule has 212 valence electrons. The number of amides is 1. The first-order valence-electron chi connectivity index (χ1n) is 13.5. The lowest BCUT2D eigenvalue weighted by Gasteiger charge is -2.17. The molecule has 0 aromatic carbocycles. The fourth-order valence-electron chi connectivity index (χ4n) is 3.43. The van der Waals surface area contributed by atoms with E-state index in [1.54, 1.807) is 6.92 Å². The minimum Gasteiger partial charge on any atom is -0.466 e. The van der Waals surface area contributed by atoms with Crippen LogP contribution >= 0.6 is 32.2 Å². The molecule has 0 aliphatic carbocycles. The number of rotatable bonds is 26. The van der Waals surface area contributed by atoms with Gasteiger partial charge in [0.15, 0.2) is 0 Å². The van der Waals surface area contributed by atoms with Crippen molar-refractivity contribution in [3.05, 3.63) is 0 Å². The molecule has 0 aliphatic heterocycles. The average Bonchev–Trinajstić information content (AvgIpc) is 2.88. The van der Waals surface area contributed by atoms with E-state index < -0.39 is 13.0 Å². The van der Waals surface area contributed by atoms with Gasteiger partial charge in [0, 0.05) is 35.1 Å². The number of hydrogen-bond acceptors (Lipinski definition) is 9. The normalized spacial score (nSPS) is 12.8. The summed E-state index contributed by atoms with van der Waals surface area (Å²) in [6.45, 7) is 4.57. The monoisotopic (exact) mass is 577 g/mol. The molecule has 0 fully saturated rings. The van der Waals surface area contributed by atoms with Gasteiger partial charge < -0.3 is 10.1 Å². The van der Waals surface area contributed by atoms with Gasteiger partial charge in [0.2, 0.25) is 5.91 Å². The average molecular weight is 578 g/mol. The maximum absolute atomic E-state index is 11.9. The predicted octanol–water partition coefficient (Wildman–Crippen LogP) is 7.18. The number of nitrogens with zero attached hydrogens (tertiary/aromatic N) is 1. The number of thioether (sulfide) groups is 1. The molecule has 0 aliphatic rings. The summed E-state index contributed by atoms with van der Waals surface area (Å²) in [6, 6.07) is 2.15. The van der Waals surface area contributed by atoms with Crippen molar-refractivity contribution in [3.8, 4) is 6.07 Å². The Morgan fingerprint density at radius 2 is 1.54 bits per heavy atom. The van der Waals surface area contributed by atoms with E-state index in [1.807, 2.05) is 0 Å². The minimum absolute atomic E-state index is 0.0408. The van der Waals surface area contributed by atoms with Gasteiger partial charge in [-0.2, -0.15) is 5.26 Å². The molecular weight excluding hydrogens is 531 g/mol. The van der Waals surface area contributed by atoms with E-state index in [0.29, 0.717) is 19.3 Å². The van der Waals surface area contributed by atoms with E-state index in [0.717, 1.165) is 12.8 Å². The Kier molecular flexibility index (Phi) is 24.4. The molecular formula is C26H46N2O6PS2+. The number of nitriles is 1. The van der Waals surface area contributed by atoms with Crippen LogP contribution in [0.15, 0.2) is 0 Å². The third-order valence-electron chi connectivity index (χ3n) is 5.73. The zero-order valence-corrected chi connectivity index (χ0v) is 25.2. The zero-order chi connectivity index (χ0) is 27.6. The van der Waals surface area contributed by atoms with E-state index >= 15 is 0 Å². The molecule has 0 aromatic heterocycles. The standard InChI is InChI=1S/C26H45N2O6PS2/c1-3-4-5-6-7-8-9-10-11-12-13-15-25(30)32-19-14-20-33-35(31)34-21-18-28-24(29)16-17-26(2,22-27)37-23-36/h23H,3-21H2,1-2H3/p+1. The largest absolute Gasteiger partial charge is 0.697 e. The smallest absolute Gasteiger partial charge is 0.466 e. The summed E-state index contributed by atoms with van der Waals surface area (Å²) in [5, 5.41) is 11.8. The molecule has 37 heavy (non-hydrogen) atoms. The first kappa shape index (κ1) is 35.9. The van der Waals surface area contributed by atoms with Crippen LogP contribution < -0.4 is 5.32 Å². The maximum atomic E-state index is 11.9. The molecule has 11 heteroatoms. The van der Waals surface area contributed by atoms with Crippen molar-refractivity contribution in [1.82, 2.24) is 5.32 Å². The van der Waals surface area contributed by atoms with Crippen LogP contribution in [0.3, 0.4) is 0 Å². The van der Waals surface area contributed by atoms with Crippen molar-refractivity contribution >= 4 is 48.8 Å². The van der Waals surface area contributed by atoms with Gasteiger partial charge in [-0.05, 0) is 19.8 Å². The van der Waals surface area contributed by atoms with Crippen LogP contribution in [-0.2, 0) is 27.9 Å². The number of thiocarbonyl (C=S) groups is 1. The van der Waals surface area contributed by atoms with Gasteiger partial charge in [0.1, 0.15) is 18.0 Å². The fourth-order valence-corrected chi connectivity index (χ4v) is 5.14. The molecule has 2 unspecified atom stereocenters. The van der Waals surface area contributed by atoms with Gasteiger partial charge in [-0.25, -0.2) is 0 Å². The van der Waals surface area contributed by atoms with Gasteiger partial charge in [-0.3, -0.25) is 9.59 Å². The Bertz CT molecular complexity index is 692. The Morgan fingerprint density at radius 1 is 0.946 bits per heavy atom. The van der Waals surface area contributed by atoms with Gasteiger partial charge in [-0.1, -0.05) is 83.3 Å². The van der Waals surface area contributed by atoms with Crippen LogP contribution in [0.5, 0.6) is 0 Å². The molecule has 0 saturated heterocycles. The molecule has 0 rings (SSSR count). The highest BCUT2D eigenvalue weighted by atomic mass is 32.2. The van der Waals surface area contributed by atoms with E-state index in [4.69, 9.17) is 26.0 Å². The van der Waals surface area contributed by atoms with Gasteiger partial charge in [-0.15, -0.1) is 20.8 Å². The Labute approximate surface area is 234 Å². The molecule has 0 radical (unpaired) electrons. The molecule has 0 spiro atoms. The third kappa shape index (κ3) is 23.7. The number of unbranched alkanes of at least 4 members (excludes halogenated alkanes) is 10. The zero-order valence-electron chi connectivity index (χ0n) is 22.7. The lowest BCUT2D eigenvalue weighted by molar-refractivity contribution is -0.144. The fraction of sp³-hybridized carbons (Fsp3) is 0.846. The van der Waals surface area contributed by atoms with Crippen LogP contribution in [0, 0.1) is 11.3 Å². The summed E-state index contributed by atoms with van der Waals surface area (Å²) in [4.78, 5) is 23.6. The molecule has 8 nitrogen and oxygen atoms in total. The molecule has 1 amide bonds. The van der Waals surface area contributed by atoms with Gasteiger partial charge in [0.25, 0.3) is 0 Å². The Balaban J connectivity index is 3.53. The van der Waals surface area contributed by atoms with E-state index in [9.17, 15) is 19.4 Å². The second-order valence-corrected chi connectivity index (χ2v) is 12.0. The second-order valence-electron chi connectivity index (χ2n) is 9.16.